The summed E-state index contributed by atoms with van der Waals surface area (Å²) in [4.78, 5) is 12.1. The van der Waals surface area contributed by atoms with Crippen LogP contribution in [0.4, 0.5) is 0 Å². The molecule has 2 unspecified atom stereocenters. The lowest BCUT2D eigenvalue weighted by Crippen LogP contribution is -2.43. The van der Waals surface area contributed by atoms with Crippen molar-refractivity contribution >= 4 is 17.7 Å². The van der Waals surface area contributed by atoms with Crippen LogP contribution in [0.5, 0.6) is 0 Å². The molecule has 17 heavy (non-hydrogen) atoms. The molecule has 1 aliphatic carbocycles. The van der Waals surface area contributed by atoms with Crippen molar-refractivity contribution in [3.05, 3.63) is 0 Å². The average Bonchev–Trinajstić information content (AvgIpc) is 2.76. The predicted octanol–water partition coefficient (Wildman–Crippen LogP) is 1.77. The molecule has 0 aromatic carbocycles. The Morgan fingerprint density at radius 2 is 1.94 bits per heavy atom. The lowest BCUT2D eigenvalue weighted by Gasteiger charge is -2.29. The van der Waals surface area contributed by atoms with Gasteiger partial charge in [0.1, 0.15) is 0 Å². The van der Waals surface area contributed by atoms with Gasteiger partial charge in [0.2, 0.25) is 5.91 Å². The Morgan fingerprint density at radius 1 is 1.24 bits per heavy atom. The minimum absolute atomic E-state index is 0.188. The van der Waals surface area contributed by atoms with Crippen LogP contribution in [-0.4, -0.2) is 36.0 Å². The van der Waals surface area contributed by atoms with Crippen molar-refractivity contribution in [1.82, 2.24) is 10.6 Å². The molecule has 0 bridgehead atoms. The van der Waals surface area contributed by atoms with Crippen LogP contribution in [0.2, 0.25) is 0 Å². The summed E-state index contributed by atoms with van der Waals surface area (Å²) in [5, 5.41) is 7.40. The predicted molar refractivity (Wildman–Crippen MR) is 73.3 cm³/mol. The highest BCUT2D eigenvalue weighted by atomic mass is 32.2. The highest BCUT2D eigenvalue weighted by Crippen LogP contribution is 2.27. The maximum Gasteiger partial charge on any atom is 0.224 e. The summed E-state index contributed by atoms with van der Waals surface area (Å²) >= 11 is 1.97. The van der Waals surface area contributed by atoms with E-state index in [0.29, 0.717) is 12.1 Å². The number of nitrogens with one attached hydrogen (secondary N) is 2. The van der Waals surface area contributed by atoms with Crippen LogP contribution in [0, 0.1) is 5.92 Å². The number of carbonyl (C=O) groups excluding carboxylic acids is 1. The van der Waals surface area contributed by atoms with Crippen molar-refractivity contribution in [3.8, 4) is 0 Å². The van der Waals surface area contributed by atoms with Crippen molar-refractivity contribution in [2.45, 2.75) is 56.4 Å². The number of hydrogen-bond donors (Lipinski definition) is 2. The largest absolute Gasteiger partial charge is 0.353 e. The van der Waals surface area contributed by atoms with Gasteiger partial charge in [-0.25, -0.2) is 0 Å². The molecule has 0 aromatic heterocycles. The molecule has 1 saturated heterocycles. The average molecular weight is 256 g/mol. The molecule has 0 spiro atoms. The first-order chi connectivity index (χ1) is 8.20. The number of thioether (sulfide) groups is 1. The molecule has 3 nitrogen and oxygen atoms in total. The zero-order valence-electron chi connectivity index (χ0n) is 10.9. The second kappa shape index (κ2) is 6.10. The molecule has 98 valence electrons. The molecule has 2 rings (SSSR count). The van der Waals surface area contributed by atoms with Gasteiger partial charge in [0.25, 0.3) is 0 Å². The quantitative estimate of drug-likeness (QED) is 0.808. The van der Waals surface area contributed by atoms with E-state index in [0.717, 1.165) is 31.1 Å². The smallest absolute Gasteiger partial charge is 0.224 e. The van der Waals surface area contributed by atoms with E-state index in [4.69, 9.17) is 0 Å². The fourth-order valence-corrected chi connectivity index (χ4v) is 3.71. The number of hydrogen-bond acceptors (Lipinski definition) is 3. The molecule has 1 heterocycles. The zero-order chi connectivity index (χ0) is 12.3. The summed E-state index contributed by atoms with van der Waals surface area (Å²) in [6.45, 7) is 3.10. The van der Waals surface area contributed by atoms with Gasteiger partial charge in [-0.15, -0.1) is 0 Å². The Hall–Kier alpha value is -0.220. The van der Waals surface area contributed by atoms with Gasteiger partial charge in [0.05, 0.1) is 5.92 Å². The van der Waals surface area contributed by atoms with Gasteiger partial charge in [-0.2, -0.15) is 11.8 Å². The normalized spacial score (nSPS) is 38.0. The Kier molecular flexibility index (Phi) is 4.74. The summed E-state index contributed by atoms with van der Waals surface area (Å²) in [5.74, 6) is 0.461. The third kappa shape index (κ3) is 3.38. The van der Waals surface area contributed by atoms with Gasteiger partial charge in [-0.1, -0.05) is 0 Å². The Labute approximate surface area is 108 Å². The van der Waals surface area contributed by atoms with E-state index in [9.17, 15) is 4.79 Å². The summed E-state index contributed by atoms with van der Waals surface area (Å²) in [6.07, 6.45) is 8.01. The maximum atomic E-state index is 12.1. The Balaban J connectivity index is 1.76. The van der Waals surface area contributed by atoms with Gasteiger partial charge < -0.3 is 10.6 Å². The van der Waals surface area contributed by atoms with Crippen LogP contribution in [0.1, 0.15) is 39.0 Å². The number of carbonyl (C=O) groups is 1. The molecule has 2 atom stereocenters. The van der Waals surface area contributed by atoms with Crippen LogP contribution >= 0.6 is 11.8 Å². The van der Waals surface area contributed by atoms with Gasteiger partial charge in [0.15, 0.2) is 0 Å². The van der Waals surface area contributed by atoms with E-state index in [-0.39, 0.29) is 11.8 Å². The molecule has 0 radical (unpaired) electrons. The van der Waals surface area contributed by atoms with E-state index in [1.165, 1.54) is 12.8 Å². The molecule has 0 aromatic rings. The molecule has 2 fully saturated rings. The standard InChI is InChI=1S/C13H24N2OS/c1-9-12(7-8-14-9)13(16)15-10-3-5-11(17-2)6-4-10/h9-12,14H,3-8H2,1-2H3,(H,15,16). The van der Waals surface area contributed by atoms with Gasteiger partial charge in [-0.05, 0) is 51.8 Å². The van der Waals surface area contributed by atoms with Crippen molar-refractivity contribution in [3.63, 3.8) is 0 Å². The van der Waals surface area contributed by atoms with E-state index >= 15 is 0 Å². The molecular formula is C13H24N2OS. The van der Waals surface area contributed by atoms with E-state index in [2.05, 4.69) is 23.8 Å². The van der Waals surface area contributed by atoms with Gasteiger partial charge in [0, 0.05) is 17.3 Å². The van der Waals surface area contributed by atoms with Gasteiger partial charge in [-0.3, -0.25) is 4.79 Å². The SMILES string of the molecule is CSC1CCC(NC(=O)C2CCNC2C)CC1. The maximum absolute atomic E-state index is 12.1. The topological polar surface area (TPSA) is 41.1 Å². The number of amides is 1. The Bertz CT molecular complexity index is 264. The minimum atomic E-state index is 0.188. The first-order valence-electron chi connectivity index (χ1n) is 6.77. The van der Waals surface area contributed by atoms with Crippen molar-refractivity contribution in [2.75, 3.05) is 12.8 Å². The third-order valence-electron chi connectivity index (χ3n) is 4.22. The fourth-order valence-electron chi connectivity index (χ4n) is 2.97. The molecule has 1 aliphatic heterocycles. The van der Waals surface area contributed by atoms with Crippen LogP contribution in [-0.2, 0) is 4.79 Å². The van der Waals surface area contributed by atoms with Crippen LogP contribution in [0.3, 0.4) is 0 Å². The fraction of sp³-hybridized carbons (Fsp3) is 0.923. The van der Waals surface area contributed by atoms with Crippen molar-refractivity contribution in [2.24, 2.45) is 5.92 Å². The highest BCUT2D eigenvalue weighted by molar-refractivity contribution is 7.99. The van der Waals surface area contributed by atoms with E-state index in [1.54, 1.807) is 0 Å². The van der Waals surface area contributed by atoms with Crippen molar-refractivity contribution < 1.29 is 4.79 Å². The van der Waals surface area contributed by atoms with Crippen LogP contribution < -0.4 is 10.6 Å². The van der Waals surface area contributed by atoms with Crippen molar-refractivity contribution in [1.29, 1.82) is 0 Å². The first kappa shape index (κ1) is 13.2. The lowest BCUT2D eigenvalue weighted by molar-refractivity contribution is -0.126. The molecular weight excluding hydrogens is 232 g/mol. The second-order valence-corrected chi connectivity index (χ2v) is 6.49. The van der Waals surface area contributed by atoms with Crippen LogP contribution in [0.25, 0.3) is 0 Å². The Morgan fingerprint density at radius 3 is 2.47 bits per heavy atom. The summed E-state index contributed by atoms with van der Waals surface area (Å²) in [6, 6.07) is 0.774. The third-order valence-corrected chi connectivity index (χ3v) is 5.35. The summed E-state index contributed by atoms with van der Waals surface area (Å²) in [5.41, 5.74) is 0. The number of rotatable bonds is 3. The van der Waals surface area contributed by atoms with Gasteiger partial charge >= 0.3 is 0 Å². The lowest BCUT2D eigenvalue weighted by atomic mass is 9.93. The molecule has 4 heteroatoms. The molecule has 1 amide bonds. The zero-order valence-corrected chi connectivity index (χ0v) is 11.7. The minimum Gasteiger partial charge on any atom is -0.353 e. The first-order valence-corrected chi connectivity index (χ1v) is 8.06. The highest BCUT2D eigenvalue weighted by Gasteiger charge is 2.31. The summed E-state index contributed by atoms with van der Waals surface area (Å²) in [7, 11) is 0. The molecule has 2 N–H and O–H groups in total. The summed E-state index contributed by atoms with van der Waals surface area (Å²) < 4.78 is 0. The van der Waals surface area contributed by atoms with Crippen LogP contribution in [0.15, 0.2) is 0 Å². The second-order valence-electron chi connectivity index (χ2n) is 5.36. The molecule has 1 saturated carbocycles. The monoisotopic (exact) mass is 256 g/mol. The van der Waals surface area contributed by atoms with E-state index in [1.807, 2.05) is 11.8 Å². The molecule has 2 aliphatic rings. The van der Waals surface area contributed by atoms with E-state index < -0.39 is 0 Å².